The van der Waals surface area contributed by atoms with Crippen LogP contribution in [0.15, 0.2) is 48.6 Å². The van der Waals surface area contributed by atoms with Gasteiger partial charge in [0.05, 0.1) is 30.6 Å². The van der Waals surface area contributed by atoms with Gasteiger partial charge in [0.2, 0.25) is 11.8 Å². The molecule has 4 heterocycles. The van der Waals surface area contributed by atoms with Gasteiger partial charge in [-0.1, -0.05) is 38.2 Å². The Labute approximate surface area is 237 Å². The normalized spacial score (nSPS) is 30.2. The van der Waals surface area contributed by atoms with E-state index in [0.29, 0.717) is 26.1 Å². The van der Waals surface area contributed by atoms with Gasteiger partial charge in [-0.05, 0) is 51.0 Å². The van der Waals surface area contributed by atoms with E-state index in [1.165, 1.54) is 4.90 Å². The summed E-state index contributed by atoms with van der Waals surface area (Å²) in [6, 6.07) is 6.35. The standard InChI is InChI=1S/C31H42N4O5/c1-5-17-33-18-9-11-24-25(28(33)37)26-29(38)35(21(6-2)20-36)27-30(39)34(19-10-16-31(26,27)40-24)23-14-12-22(13-15-23)32(7-3)8-4/h9-16,21,24-27,36H,5-8,17-20H2,1-4H3/t21-,24+,25-,26-,27?,31-/m0/s1. The second-order valence-electron chi connectivity index (χ2n) is 11.1. The fourth-order valence-corrected chi connectivity index (χ4v) is 7.07. The summed E-state index contributed by atoms with van der Waals surface area (Å²) in [5, 5.41) is 10.3. The summed E-state index contributed by atoms with van der Waals surface area (Å²) in [6.45, 7) is 11.0. The van der Waals surface area contributed by atoms with Crippen LogP contribution in [0.1, 0.15) is 40.5 Å². The van der Waals surface area contributed by atoms with E-state index in [-0.39, 0.29) is 24.3 Å². The van der Waals surface area contributed by atoms with Crippen molar-refractivity contribution in [2.24, 2.45) is 11.8 Å². The van der Waals surface area contributed by atoms with Gasteiger partial charge in [-0.3, -0.25) is 14.4 Å². The zero-order valence-electron chi connectivity index (χ0n) is 24.0. The molecular weight excluding hydrogens is 508 g/mol. The highest BCUT2D eigenvalue weighted by Gasteiger charge is 2.72. The molecule has 3 amide bonds. The highest BCUT2D eigenvalue weighted by molar-refractivity contribution is 6.06. The van der Waals surface area contributed by atoms with E-state index in [9.17, 15) is 19.5 Å². The monoisotopic (exact) mass is 550 g/mol. The molecule has 2 fully saturated rings. The van der Waals surface area contributed by atoms with Crippen molar-refractivity contribution < 1.29 is 24.2 Å². The first-order valence-electron chi connectivity index (χ1n) is 14.8. The Morgan fingerprint density at radius 1 is 1.00 bits per heavy atom. The van der Waals surface area contributed by atoms with Gasteiger partial charge < -0.3 is 29.4 Å². The first kappa shape index (κ1) is 28.4. The summed E-state index contributed by atoms with van der Waals surface area (Å²) in [6.07, 6.45) is 8.24. The number of anilines is 2. The van der Waals surface area contributed by atoms with Gasteiger partial charge in [0.1, 0.15) is 11.6 Å². The molecule has 1 unspecified atom stereocenters. The van der Waals surface area contributed by atoms with Crippen LogP contribution in [0.25, 0.3) is 0 Å². The molecule has 40 heavy (non-hydrogen) atoms. The maximum Gasteiger partial charge on any atom is 0.253 e. The van der Waals surface area contributed by atoms with E-state index in [4.69, 9.17) is 4.74 Å². The maximum atomic E-state index is 14.5. The number of ether oxygens (including phenoxy) is 1. The van der Waals surface area contributed by atoms with Gasteiger partial charge in [-0.15, -0.1) is 0 Å². The van der Waals surface area contributed by atoms with Crippen molar-refractivity contribution in [1.29, 1.82) is 0 Å². The molecule has 2 saturated heterocycles. The van der Waals surface area contributed by atoms with Crippen molar-refractivity contribution in [3.8, 4) is 0 Å². The summed E-state index contributed by atoms with van der Waals surface area (Å²) in [4.78, 5) is 49.9. The molecule has 0 aliphatic carbocycles. The molecule has 1 aromatic carbocycles. The van der Waals surface area contributed by atoms with Gasteiger partial charge in [0, 0.05) is 44.1 Å². The average Bonchev–Trinajstić information content (AvgIpc) is 3.28. The Morgan fingerprint density at radius 2 is 1.73 bits per heavy atom. The lowest BCUT2D eigenvalue weighted by Crippen LogP contribution is -2.58. The lowest BCUT2D eigenvalue weighted by atomic mass is 9.77. The third-order valence-corrected chi connectivity index (χ3v) is 9.04. The average molecular weight is 551 g/mol. The van der Waals surface area contributed by atoms with Crippen LogP contribution in [0, 0.1) is 11.8 Å². The zero-order valence-corrected chi connectivity index (χ0v) is 24.0. The fraction of sp³-hybridized carbons (Fsp3) is 0.581. The first-order chi connectivity index (χ1) is 19.4. The molecule has 216 valence electrons. The van der Waals surface area contributed by atoms with Crippen molar-refractivity contribution >= 4 is 29.1 Å². The highest BCUT2D eigenvalue weighted by atomic mass is 16.5. The first-order valence-corrected chi connectivity index (χ1v) is 14.8. The summed E-state index contributed by atoms with van der Waals surface area (Å²) in [5.74, 6) is -2.24. The van der Waals surface area contributed by atoms with Gasteiger partial charge in [0.15, 0.2) is 0 Å². The van der Waals surface area contributed by atoms with Crippen LogP contribution < -0.4 is 9.80 Å². The smallest absolute Gasteiger partial charge is 0.253 e. The number of hydrogen-bond acceptors (Lipinski definition) is 6. The lowest BCUT2D eigenvalue weighted by Gasteiger charge is -2.38. The molecule has 9 heteroatoms. The van der Waals surface area contributed by atoms with Gasteiger partial charge >= 0.3 is 0 Å². The molecule has 1 aromatic rings. The number of likely N-dealkylation sites (tertiary alicyclic amines) is 1. The van der Waals surface area contributed by atoms with E-state index in [1.54, 1.807) is 9.80 Å². The summed E-state index contributed by atoms with van der Waals surface area (Å²) < 4.78 is 6.69. The number of hydrogen-bond donors (Lipinski definition) is 1. The van der Waals surface area contributed by atoms with Gasteiger partial charge in [-0.25, -0.2) is 0 Å². The Morgan fingerprint density at radius 3 is 2.35 bits per heavy atom. The van der Waals surface area contributed by atoms with Crippen LogP contribution in [0.5, 0.6) is 0 Å². The minimum Gasteiger partial charge on any atom is -0.394 e. The van der Waals surface area contributed by atoms with Gasteiger partial charge in [0.25, 0.3) is 5.91 Å². The maximum absolute atomic E-state index is 14.5. The third-order valence-electron chi connectivity index (χ3n) is 9.04. The number of fused-ring (bicyclic) bond motifs is 2. The SMILES string of the molecule is CCCN1CC=C[C@H]2O[C@]34C=CCN(c5ccc(N(CC)CC)cc5)C(=O)C3N([C@@H](CC)CO)C(=O)[C@@H]4[C@H]2C1=O. The van der Waals surface area contributed by atoms with Crippen molar-refractivity contribution in [3.63, 3.8) is 0 Å². The number of aliphatic hydroxyl groups excluding tert-OH is 1. The Balaban J connectivity index is 1.57. The van der Waals surface area contributed by atoms with E-state index in [2.05, 4.69) is 18.7 Å². The van der Waals surface area contributed by atoms with Crippen LogP contribution in [-0.4, -0.2) is 95.7 Å². The molecule has 0 bridgehead atoms. The summed E-state index contributed by atoms with van der Waals surface area (Å²) in [7, 11) is 0. The molecule has 1 spiro atoms. The van der Waals surface area contributed by atoms with Crippen LogP contribution in [-0.2, 0) is 19.1 Å². The molecule has 5 rings (SSSR count). The lowest BCUT2D eigenvalue weighted by molar-refractivity contribution is -0.147. The number of nitrogens with zero attached hydrogens (tertiary/aromatic N) is 4. The predicted molar refractivity (Wildman–Crippen MR) is 154 cm³/mol. The molecule has 4 aliphatic heterocycles. The molecular formula is C31H42N4O5. The van der Waals surface area contributed by atoms with Crippen molar-refractivity contribution in [2.75, 3.05) is 49.1 Å². The number of aliphatic hydroxyl groups is 1. The molecule has 4 aliphatic rings. The van der Waals surface area contributed by atoms with Crippen LogP contribution in [0.2, 0.25) is 0 Å². The van der Waals surface area contributed by atoms with Crippen LogP contribution >= 0.6 is 0 Å². The summed E-state index contributed by atoms with van der Waals surface area (Å²) in [5.41, 5.74) is 0.512. The minimum atomic E-state index is -1.29. The largest absolute Gasteiger partial charge is 0.394 e. The number of carbonyl (C=O) groups is 3. The third kappa shape index (κ3) is 4.34. The topological polar surface area (TPSA) is 93.6 Å². The Bertz CT molecular complexity index is 1170. The second-order valence-corrected chi connectivity index (χ2v) is 11.1. The Kier molecular flexibility index (Phi) is 8.06. The van der Waals surface area contributed by atoms with Crippen molar-refractivity contribution in [1.82, 2.24) is 9.80 Å². The molecule has 0 saturated carbocycles. The predicted octanol–water partition coefficient (Wildman–Crippen LogP) is 2.60. The van der Waals surface area contributed by atoms with E-state index in [0.717, 1.165) is 30.9 Å². The number of amides is 3. The van der Waals surface area contributed by atoms with Crippen LogP contribution in [0.3, 0.4) is 0 Å². The molecule has 9 nitrogen and oxygen atoms in total. The summed E-state index contributed by atoms with van der Waals surface area (Å²) >= 11 is 0. The number of rotatable bonds is 9. The molecule has 1 N–H and O–H groups in total. The minimum absolute atomic E-state index is 0.112. The fourth-order valence-electron chi connectivity index (χ4n) is 7.07. The van der Waals surface area contributed by atoms with E-state index < -0.39 is 35.6 Å². The quantitative estimate of drug-likeness (QED) is 0.475. The number of carbonyl (C=O) groups excluding carboxylic acids is 3. The second kappa shape index (κ2) is 11.4. The van der Waals surface area contributed by atoms with Crippen molar-refractivity contribution in [3.05, 3.63) is 48.6 Å². The molecule has 6 atom stereocenters. The van der Waals surface area contributed by atoms with Gasteiger partial charge in [-0.2, -0.15) is 0 Å². The van der Waals surface area contributed by atoms with Crippen LogP contribution in [0.4, 0.5) is 11.4 Å². The highest BCUT2D eigenvalue weighted by Crippen LogP contribution is 2.54. The zero-order chi connectivity index (χ0) is 28.6. The Hall–Kier alpha value is -3.17. The number of benzene rings is 1. The van der Waals surface area contributed by atoms with E-state index in [1.807, 2.05) is 62.4 Å². The molecule has 0 radical (unpaired) electrons. The molecule has 0 aromatic heterocycles. The van der Waals surface area contributed by atoms with Crippen molar-refractivity contribution in [2.45, 2.75) is 64.3 Å². The van der Waals surface area contributed by atoms with E-state index >= 15 is 0 Å².